The first kappa shape index (κ1) is 21.5. The number of rotatable bonds is 6. The molecule has 170 valence electrons. The molecule has 5 rings (SSSR count). The number of likely N-dealkylation sites (tertiary alicyclic amines) is 1. The first-order valence-corrected chi connectivity index (χ1v) is 11.5. The third kappa shape index (κ3) is 5.01. The van der Waals surface area contributed by atoms with E-state index in [0.717, 1.165) is 50.0 Å². The van der Waals surface area contributed by atoms with Crippen molar-refractivity contribution >= 4 is 5.97 Å². The molecule has 1 saturated heterocycles. The number of piperidine rings is 1. The van der Waals surface area contributed by atoms with Gasteiger partial charge < -0.3 is 14.6 Å². The second-order valence-corrected chi connectivity index (χ2v) is 8.85. The number of pyridine rings is 1. The topological polar surface area (TPSA) is 71.9 Å². The largest absolute Gasteiger partial charge is 0.484 e. The second kappa shape index (κ2) is 9.63. The summed E-state index contributed by atoms with van der Waals surface area (Å²) in [6, 6.07) is 19.7. The van der Waals surface area contributed by atoms with Gasteiger partial charge in [0.05, 0.1) is 5.56 Å². The molecule has 0 bridgehead atoms. The fourth-order valence-corrected chi connectivity index (χ4v) is 4.74. The van der Waals surface area contributed by atoms with Crippen molar-refractivity contribution in [1.82, 2.24) is 9.88 Å². The maximum Gasteiger partial charge on any atom is 0.335 e. The highest BCUT2D eigenvalue weighted by atomic mass is 16.6. The summed E-state index contributed by atoms with van der Waals surface area (Å²) >= 11 is 0. The molecule has 1 fully saturated rings. The SMILES string of the molecule is O=C(O)c1ccccc1CC1CCN(Cc2ccc([C@H]3COc4cccnc4O3)cc2)CC1. The number of nitrogens with zero attached hydrogens (tertiary/aromatic N) is 2. The van der Waals surface area contributed by atoms with Gasteiger partial charge in [-0.05, 0) is 73.2 Å². The van der Waals surface area contributed by atoms with Gasteiger partial charge in [0, 0.05) is 12.7 Å². The summed E-state index contributed by atoms with van der Waals surface area (Å²) < 4.78 is 11.8. The van der Waals surface area contributed by atoms with Crippen molar-refractivity contribution in [3.8, 4) is 11.6 Å². The average Bonchev–Trinajstić information content (AvgIpc) is 2.86. The zero-order valence-electron chi connectivity index (χ0n) is 18.5. The smallest absolute Gasteiger partial charge is 0.335 e. The Bertz CT molecular complexity index is 1110. The lowest BCUT2D eigenvalue weighted by Gasteiger charge is -2.32. The molecule has 0 saturated carbocycles. The Labute approximate surface area is 193 Å². The van der Waals surface area contributed by atoms with Crippen LogP contribution < -0.4 is 9.47 Å². The van der Waals surface area contributed by atoms with E-state index < -0.39 is 5.97 Å². The number of aromatic carboxylic acids is 1. The zero-order valence-corrected chi connectivity index (χ0v) is 18.5. The van der Waals surface area contributed by atoms with Crippen LogP contribution in [-0.4, -0.2) is 40.7 Å². The molecule has 1 aromatic heterocycles. The van der Waals surface area contributed by atoms with E-state index in [2.05, 4.69) is 34.1 Å². The monoisotopic (exact) mass is 444 g/mol. The summed E-state index contributed by atoms with van der Waals surface area (Å²) in [6.45, 7) is 3.47. The third-order valence-electron chi connectivity index (χ3n) is 6.60. The molecule has 0 amide bonds. The lowest BCUT2D eigenvalue weighted by Crippen LogP contribution is -2.34. The molecule has 0 radical (unpaired) electrons. The molecule has 0 spiro atoms. The van der Waals surface area contributed by atoms with Crippen molar-refractivity contribution in [3.63, 3.8) is 0 Å². The van der Waals surface area contributed by atoms with E-state index in [1.54, 1.807) is 18.3 Å². The quantitative estimate of drug-likeness (QED) is 0.592. The Morgan fingerprint density at radius 2 is 1.82 bits per heavy atom. The second-order valence-electron chi connectivity index (χ2n) is 8.85. The Morgan fingerprint density at radius 3 is 2.61 bits per heavy atom. The van der Waals surface area contributed by atoms with Crippen molar-refractivity contribution in [2.24, 2.45) is 5.92 Å². The van der Waals surface area contributed by atoms with E-state index in [-0.39, 0.29) is 6.10 Å². The summed E-state index contributed by atoms with van der Waals surface area (Å²) in [7, 11) is 0. The summed E-state index contributed by atoms with van der Waals surface area (Å²) in [4.78, 5) is 18.2. The van der Waals surface area contributed by atoms with E-state index in [1.807, 2.05) is 24.3 Å². The standard InChI is InChI=1S/C27H28N2O4/c30-27(31)23-5-2-1-4-22(23)16-19-11-14-29(15-12-19)17-20-7-9-21(10-8-20)25-18-32-24-6-3-13-28-26(24)33-25/h1-10,13,19,25H,11-12,14-18H2,(H,30,31)/t25-/m1/s1. The van der Waals surface area contributed by atoms with Gasteiger partial charge in [0.25, 0.3) is 5.88 Å². The molecular weight excluding hydrogens is 416 g/mol. The Balaban J connectivity index is 1.13. The third-order valence-corrected chi connectivity index (χ3v) is 6.60. The van der Waals surface area contributed by atoms with Gasteiger partial charge in [-0.15, -0.1) is 0 Å². The van der Waals surface area contributed by atoms with Gasteiger partial charge in [0.1, 0.15) is 6.61 Å². The molecule has 2 aliphatic heterocycles. The van der Waals surface area contributed by atoms with Gasteiger partial charge in [-0.25, -0.2) is 9.78 Å². The van der Waals surface area contributed by atoms with Gasteiger partial charge in [0.15, 0.2) is 11.9 Å². The number of benzene rings is 2. The zero-order chi connectivity index (χ0) is 22.6. The van der Waals surface area contributed by atoms with Gasteiger partial charge >= 0.3 is 5.97 Å². The van der Waals surface area contributed by atoms with Crippen molar-refractivity contribution in [3.05, 3.63) is 89.1 Å². The normalized spacial score (nSPS) is 18.7. The van der Waals surface area contributed by atoms with Crippen LogP contribution in [0.3, 0.4) is 0 Å². The maximum absolute atomic E-state index is 11.5. The Hall–Kier alpha value is -3.38. The van der Waals surface area contributed by atoms with Crippen LogP contribution in [-0.2, 0) is 13.0 Å². The van der Waals surface area contributed by atoms with Crippen LogP contribution in [0.25, 0.3) is 0 Å². The van der Waals surface area contributed by atoms with Crippen LogP contribution in [0.1, 0.15) is 46.0 Å². The molecule has 3 aromatic rings. The van der Waals surface area contributed by atoms with E-state index in [9.17, 15) is 9.90 Å². The Morgan fingerprint density at radius 1 is 1.03 bits per heavy atom. The first-order chi connectivity index (χ1) is 16.2. The molecule has 33 heavy (non-hydrogen) atoms. The van der Waals surface area contributed by atoms with E-state index in [0.29, 0.717) is 29.7 Å². The maximum atomic E-state index is 11.5. The van der Waals surface area contributed by atoms with Crippen LogP contribution >= 0.6 is 0 Å². The number of carboxylic acids is 1. The number of ether oxygens (including phenoxy) is 2. The van der Waals surface area contributed by atoms with Gasteiger partial charge in [0.2, 0.25) is 0 Å². The number of aromatic nitrogens is 1. The number of fused-ring (bicyclic) bond motifs is 1. The van der Waals surface area contributed by atoms with Crippen molar-refractivity contribution in [1.29, 1.82) is 0 Å². The fraction of sp³-hybridized carbons (Fsp3) is 0.333. The van der Waals surface area contributed by atoms with Crippen LogP contribution in [0.2, 0.25) is 0 Å². The van der Waals surface area contributed by atoms with Crippen LogP contribution in [0.4, 0.5) is 0 Å². The van der Waals surface area contributed by atoms with E-state index >= 15 is 0 Å². The van der Waals surface area contributed by atoms with E-state index in [1.165, 1.54) is 5.56 Å². The van der Waals surface area contributed by atoms with E-state index in [4.69, 9.17) is 9.47 Å². The number of hydrogen-bond acceptors (Lipinski definition) is 5. The van der Waals surface area contributed by atoms with Crippen LogP contribution in [0.15, 0.2) is 66.9 Å². The molecule has 0 unspecified atom stereocenters. The summed E-state index contributed by atoms with van der Waals surface area (Å²) in [5.41, 5.74) is 3.76. The molecule has 6 nitrogen and oxygen atoms in total. The predicted octanol–water partition coefficient (Wildman–Crippen LogP) is 4.75. The summed E-state index contributed by atoms with van der Waals surface area (Å²) in [6.07, 6.45) is 4.58. The van der Waals surface area contributed by atoms with Crippen LogP contribution in [0.5, 0.6) is 11.6 Å². The predicted molar refractivity (Wildman–Crippen MR) is 125 cm³/mol. The highest BCUT2D eigenvalue weighted by Crippen LogP contribution is 2.34. The van der Waals surface area contributed by atoms with Crippen molar-refractivity contribution in [2.75, 3.05) is 19.7 Å². The molecular formula is C27H28N2O4. The van der Waals surface area contributed by atoms with Gasteiger partial charge in [-0.3, -0.25) is 4.90 Å². The van der Waals surface area contributed by atoms with Crippen molar-refractivity contribution < 1.29 is 19.4 Å². The van der Waals surface area contributed by atoms with Crippen molar-refractivity contribution in [2.45, 2.75) is 31.9 Å². The van der Waals surface area contributed by atoms with Gasteiger partial charge in [-0.2, -0.15) is 0 Å². The highest BCUT2D eigenvalue weighted by Gasteiger charge is 2.24. The first-order valence-electron chi connectivity index (χ1n) is 11.5. The Kier molecular flexibility index (Phi) is 6.26. The minimum absolute atomic E-state index is 0.147. The highest BCUT2D eigenvalue weighted by molar-refractivity contribution is 5.89. The number of carbonyl (C=O) groups is 1. The number of hydrogen-bond donors (Lipinski definition) is 1. The lowest BCUT2D eigenvalue weighted by molar-refractivity contribution is 0.0695. The molecule has 1 N–H and O–H groups in total. The molecule has 0 aliphatic carbocycles. The van der Waals surface area contributed by atoms with Crippen LogP contribution in [0, 0.1) is 5.92 Å². The molecule has 3 heterocycles. The summed E-state index contributed by atoms with van der Waals surface area (Å²) in [5.74, 6) is 0.938. The average molecular weight is 445 g/mol. The molecule has 2 aliphatic rings. The number of carboxylic acid groups (broad SMARTS) is 1. The molecule has 6 heteroatoms. The fourth-order valence-electron chi connectivity index (χ4n) is 4.74. The molecule has 1 atom stereocenters. The van der Waals surface area contributed by atoms with Gasteiger partial charge in [-0.1, -0.05) is 42.5 Å². The lowest BCUT2D eigenvalue weighted by atomic mass is 9.88. The minimum atomic E-state index is -0.836. The minimum Gasteiger partial charge on any atom is -0.484 e. The summed E-state index contributed by atoms with van der Waals surface area (Å²) in [5, 5.41) is 9.42. The molecule has 2 aromatic carbocycles.